The van der Waals surface area contributed by atoms with Gasteiger partial charge in [0, 0.05) is 0 Å². The third-order valence-corrected chi connectivity index (χ3v) is 5.37. The van der Waals surface area contributed by atoms with Crippen LogP contribution in [0.5, 0.6) is 0 Å². The molecule has 0 aliphatic carbocycles. The monoisotopic (exact) mass is 376 g/mol. The number of benzene rings is 2. The van der Waals surface area contributed by atoms with Crippen molar-refractivity contribution in [3.63, 3.8) is 0 Å². The first-order valence-electron chi connectivity index (χ1n) is 8.37. The van der Waals surface area contributed by atoms with Gasteiger partial charge in [-0.1, -0.05) is 30.3 Å². The summed E-state index contributed by atoms with van der Waals surface area (Å²) in [6, 6.07) is 17.5. The zero-order valence-electron chi connectivity index (χ0n) is 14.0. The standard InChI is InChI=1S/C20H13FN4OS/c21-14-9-7-13(8-10-14)12-24-19(26)15-4-1-2-5-16(15)25-18(22-23-20(24)25)17-6-3-11-27-17/h1-11H,12H2. The van der Waals surface area contributed by atoms with E-state index in [1.807, 2.05) is 40.1 Å². The second-order valence-corrected chi connectivity index (χ2v) is 7.12. The van der Waals surface area contributed by atoms with Crippen LogP contribution in [0.25, 0.3) is 27.4 Å². The van der Waals surface area contributed by atoms with Gasteiger partial charge in [0.25, 0.3) is 5.56 Å². The number of rotatable bonds is 3. The molecule has 5 aromatic rings. The highest BCUT2D eigenvalue weighted by atomic mass is 32.1. The lowest BCUT2D eigenvalue weighted by molar-refractivity contribution is 0.626. The Morgan fingerprint density at radius 3 is 2.56 bits per heavy atom. The molecule has 7 heteroatoms. The first kappa shape index (κ1) is 15.9. The molecule has 0 atom stereocenters. The molecule has 5 nitrogen and oxygen atoms in total. The minimum Gasteiger partial charge on any atom is -0.272 e. The molecule has 0 saturated heterocycles. The lowest BCUT2D eigenvalue weighted by atomic mass is 10.2. The maximum Gasteiger partial charge on any atom is 0.263 e. The molecule has 0 unspecified atom stereocenters. The van der Waals surface area contributed by atoms with Gasteiger partial charge in [0.1, 0.15) is 5.82 Å². The third kappa shape index (κ3) is 2.55. The van der Waals surface area contributed by atoms with Gasteiger partial charge in [0.05, 0.1) is 22.3 Å². The maximum absolute atomic E-state index is 13.2. The van der Waals surface area contributed by atoms with Crippen LogP contribution < -0.4 is 5.56 Å². The van der Waals surface area contributed by atoms with Crippen molar-refractivity contribution in [3.05, 3.63) is 87.8 Å². The minimum absolute atomic E-state index is 0.146. The molecule has 3 heterocycles. The second kappa shape index (κ2) is 6.14. The van der Waals surface area contributed by atoms with E-state index in [9.17, 15) is 9.18 Å². The molecule has 0 amide bonds. The van der Waals surface area contributed by atoms with E-state index >= 15 is 0 Å². The normalized spacial score (nSPS) is 11.4. The molecule has 5 rings (SSSR count). The Morgan fingerprint density at radius 1 is 0.963 bits per heavy atom. The van der Waals surface area contributed by atoms with E-state index in [0.717, 1.165) is 16.0 Å². The van der Waals surface area contributed by atoms with E-state index in [-0.39, 0.29) is 17.9 Å². The number of para-hydroxylation sites is 1. The van der Waals surface area contributed by atoms with Gasteiger partial charge >= 0.3 is 0 Å². The van der Waals surface area contributed by atoms with E-state index in [1.54, 1.807) is 34.1 Å². The summed E-state index contributed by atoms with van der Waals surface area (Å²) >= 11 is 1.57. The van der Waals surface area contributed by atoms with E-state index in [1.165, 1.54) is 12.1 Å². The van der Waals surface area contributed by atoms with E-state index in [2.05, 4.69) is 10.2 Å². The van der Waals surface area contributed by atoms with Gasteiger partial charge in [-0.25, -0.2) is 4.39 Å². The van der Waals surface area contributed by atoms with Crippen LogP contribution in [0.15, 0.2) is 70.8 Å². The van der Waals surface area contributed by atoms with Crippen molar-refractivity contribution < 1.29 is 4.39 Å². The summed E-state index contributed by atoms with van der Waals surface area (Å²) in [5.41, 5.74) is 1.44. The van der Waals surface area contributed by atoms with Crippen LogP contribution in [-0.4, -0.2) is 19.2 Å². The number of halogens is 1. The summed E-state index contributed by atoms with van der Waals surface area (Å²) in [6.07, 6.45) is 0. The zero-order valence-corrected chi connectivity index (χ0v) is 14.9. The maximum atomic E-state index is 13.2. The van der Waals surface area contributed by atoms with Crippen LogP contribution in [0.2, 0.25) is 0 Å². The Bertz CT molecular complexity index is 1320. The van der Waals surface area contributed by atoms with Crippen molar-refractivity contribution in [2.45, 2.75) is 6.54 Å². The number of aromatic nitrogens is 4. The molecule has 0 radical (unpaired) electrons. The van der Waals surface area contributed by atoms with E-state index in [4.69, 9.17) is 0 Å². The van der Waals surface area contributed by atoms with Crippen LogP contribution in [0.4, 0.5) is 4.39 Å². The predicted octanol–water partition coefficient (Wildman–Crippen LogP) is 3.96. The summed E-state index contributed by atoms with van der Waals surface area (Å²) in [6.45, 7) is 0.288. The Hall–Kier alpha value is -3.32. The predicted molar refractivity (Wildman–Crippen MR) is 104 cm³/mol. The molecule has 0 aliphatic rings. The number of fused-ring (bicyclic) bond motifs is 3. The third-order valence-electron chi connectivity index (χ3n) is 4.50. The quantitative estimate of drug-likeness (QED) is 0.479. The van der Waals surface area contributed by atoms with Crippen LogP contribution in [-0.2, 0) is 6.54 Å². The Balaban J connectivity index is 1.83. The molecule has 0 spiro atoms. The minimum atomic E-state index is -0.308. The van der Waals surface area contributed by atoms with Crippen LogP contribution in [0.3, 0.4) is 0 Å². The summed E-state index contributed by atoms with van der Waals surface area (Å²) in [7, 11) is 0. The van der Waals surface area contributed by atoms with Gasteiger partial charge in [-0.15, -0.1) is 21.5 Å². The zero-order chi connectivity index (χ0) is 18.4. The fraction of sp³-hybridized carbons (Fsp3) is 0.0500. The highest BCUT2D eigenvalue weighted by Gasteiger charge is 2.18. The van der Waals surface area contributed by atoms with Crippen LogP contribution >= 0.6 is 11.3 Å². The average Bonchev–Trinajstić information content (AvgIpc) is 3.36. The molecule has 2 aromatic carbocycles. The van der Waals surface area contributed by atoms with Gasteiger partial charge in [-0.3, -0.25) is 13.8 Å². The van der Waals surface area contributed by atoms with Crippen molar-refractivity contribution in [1.82, 2.24) is 19.2 Å². The molecule has 132 valence electrons. The highest BCUT2D eigenvalue weighted by molar-refractivity contribution is 7.13. The van der Waals surface area contributed by atoms with Gasteiger partial charge in [0.2, 0.25) is 5.78 Å². The van der Waals surface area contributed by atoms with Crippen molar-refractivity contribution in [2.24, 2.45) is 0 Å². The first-order valence-corrected chi connectivity index (χ1v) is 9.25. The van der Waals surface area contributed by atoms with Crippen molar-refractivity contribution >= 4 is 28.0 Å². The molecule has 27 heavy (non-hydrogen) atoms. The van der Waals surface area contributed by atoms with Crippen molar-refractivity contribution in [3.8, 4) is 10.7 Å². The fourth-order valence-corrected chi connectivity index (χ4v) is 3.94. The first-order chi connectivity index (χ1) is 13.2. The molecule has 0 aliphatic heterocycles. The summed E-state index contributed by atoms with van der Waals surface area (Å²) in [5.74, 6) is 0.854. The van der Waals surface area contributed by atoms with Crippen LogP contribution in [0.1, 0.15) is 5.56 Å². The van der Waals surface area contributed by atoms with E-state index < -0.39 is 0 Å². The molecule has 0 fully saturated rings. The lowest BCUT2D eigenvalue weighted by Gasteiger charge is -2.11. The SMILES string of the molecule is O=c1c2ccccc2n2c(-c3cccs3)nnc2n1Cc1ccc(F)cc1. The summed E-state index contributed by atoms with van der Waals surface area (Å²) in [5, 5.41) is 11.2. The molecule has 3 aromatic heterocycles. The molecule has 0 N–H and O–H groups in total. The Labute approximate surface area is 157 Å². The molecular weight excluding hydrogens is 363 g/mol. The van der Waals surface area contributed by atoms with Gasteiger partial charge in [0.15, 0.2) is 5.82 Å². The molecule has 0 bridgehead atoms. The Morgan fingerprint density at radius 2 is 1.78 bits per heavy atom. The largest absolute Gasteiger partial charge is 0.272 e. The highest BCUT2D eigenvalue weighted by Crippen LogP contribution is 2.26. The average molecular weight is 376 g/mol. The fourth-order valence-electron chi connectivity index (χ4n) is 3.24. The number of thiophene rings is 1. The van der Waals surface area contributed by atoms with Gasteiger partial charge in [-0.05, 0) is 41.3 Å². The number of hydrogen-bond donors (Lipinski definition) is 0. The summed E-state index contributed by atoms with van der Waals surface area (Å²) in [4.78, 5) is 14.1. The number of nitrogens with zero attached hydrogens (tertiary/aromatic N) is 4. The van der Waals surface area contributed by atoms with Gasteiger partial charge < -0.3 is 0 Å². The van der Waals surface area contributed by atoms with Crippen molar-refractivity contribution in [2.75, 3.05) is 0 Å². The lowest BCUT2D eigenvalue weighted by Crippen LogP contribution is -2.24. The second-order valence-electron chi connectivity index (χ2n) is 6.17. The topological polar surface area (TPSA) is 52.2 Å². The Kier molecular flexibility index (Phi) is 3.61. The molecule has 0 saturated carbocycles. The van der Waals surface area contributed by atoms with Gasteiger partial charge in [-0.2, -0.15) is 0 Å². The smallest absolute Gasteiger partial charge is 0.263 e. The van der Waals surface area contributed by atoms with Crippen molar-refractivity contribution in [1.29, 1.82) is 0 Å². The molecular formula is C20H13FN4OS. The summed E-state index contributed by atoms with van der Waals surface area (Å²) < 4.78 is 16.7. The number of hydrogen-bond acceptors (Lipinski definition) is 4. The van der Waals surface area contributed by atoms with E-state index in [0.29, 0.717) is 17.0 Å². The van der Waals surface area contributed by atoms with Crippen LogP contribution in [0, 0.1) is 5.82 Å².